The maximum atomic E-state index is 13.0. The highest BCUT2D eigenvalue weighted by molar-refractivity contribution is 6.12. The van der Waals surface area contributed by atoms with Crippen LogP contribution in [0.1, 0.15) is 27.2 Å². The summed E-state index contributed by atoms with van der Waals surface area (Å²) in [5.41, 5.74) is 4.11. The van der Waals surface area contributed by atoms with Gasteiger partial charge in [-0.05, 0) is 32.0 Å². The van der Waals surface area contributed by atoms with Crippen LogP contribution in [0.25, 0.3) is 23.0 Å². The minimum atomic E-state index is -0.0968. The smallest absolute Gasteiger partial charge is 0.259 e. The molecule has 0 radical (unpaired) electrons. The van der Waals surface area contributed by atoms with Crippen LogP contribution >= 0.6 is 0 Å². The molecule has 4 aromatic rings. The van der Waals surface area contributed by atoms with E-state index in [-0.39, 0.29) is 11.7 Å². The van der Waals surface area contributed by atoms with Crippen molar-refractivity contribution in [3.8, 4) is 23.0 Å². The van der Waals surface area contributed by atoms with Gasteiger partial charge in [0, 0.05) is 11.1 Å². The molecule has 0 N–H and O–H groups in total. The van der Waals surface area contributed by atoms with Gasteiger partial charge in [0.05, 0.1) is 11.3 Å². The van der Waals surface area contributed by atoms with Crippen molar-refractivity contribution in [2.45, 2.75) is 13.8 Å². The molecule has 132 valence electrons. The lowest BCUT2D eigenvalue weighted by molar-refractivity contribution is 0.103. The molecule has 2 heterocycles. The Hall–Kier alpha value is -3.67. The third-order valence-electron chi connectivity index (χ3n) is 4.17. The molecule has 0 aliphatic carbocycles. The van der Waals surface area contributed by atoms with Gasteiger partial charge >= 0.3 is 0 Å². The van der Waals surface area contributed by atoms with Crippen LogP contribution in [-0.2, 0) is 0 Å². The Kier molecular flexibility index (Phi) is 4.30. The first-order valence-electron chi connectivity index (χ1n) is 8.47. The molecular weight excluding hydrogens is 340 g/mol. The lowest BCUT2D eigenvalue weighted by Crippen LogP contribution is -2.03. The minimum Gasteiger partial charge on any atom is -0.334 e. The first-order valence-corrected chi connectivity index (χ1v) is 8.47. The molecule has 0 aliphatic rings. The summed E-state index contributed by atoms with van der Waals surface area (Å²) in [5, 5.41) is 12.0. The molecule has 0 unspecified atom stereocenters. The number of carbonyl (C=O) groups is 1. The SMILES string of the molecule is Cc1ccc(C(=O)c2ccccc2-c2nc(-c3ccc(C)nn3)no2)cc1. The zero-order valence-corrected chi connectivity index (χ0v) is 14.9. The van der Waals surface area contributed by atoms with Gasteiger partial charge in [-0.15, -0.1) is 5.10 Å². The Morgan fingerprint density at radius 1 is 0.889 bits per heavy atom. The highest BCUT2D eigenvalue weighted by Crippen LogP contribution is 2.26. The molecule has 27 heavy (non-hydrogen) atoms. The standard InChI is InChI=1S/C21H16N4O2/c1-13-7-10-15(11-8-13)19(26)16-5-3-4-6-17(16)21-22-20(25-27-21)18-12-9-14(2)23-24-18/h3-12H,1-2H3. The van der Waals surface area contributed by atoms with Crippen molar-refractivity contribution in [1.29, 1.82) is 0 Å². The van der Waals surface area contributed by atoms with Gasteiger partial charge in [-0.25, -0.2) is 0 Å². The van der Waals surface area contributed by atoms with Crippen LogP contribution < -0.4 is 0 Å². The van der Waals surface area contributed by atoms with E-state index in [1.54, 1.807) is 18.2 Å². The van der Waals surface area contributed by atoms with Crippen molar-refractivity contribution < 1.29 is 9.32 Å². The number of carbonyl (C=O) groups excluding carboxylic acids is 1. The Morgan fingerprint density at radius 3 is 2.41 bits per heavy atom. The molecule has 2 aromatic carbocycles. The molecule has 0 amide bonds. The van der Waals surface area contributed by atoms with Crippen molar-refractivity contribution in [3.05, 3.63) is 83.0 Å². The quantitative estimate of drug-likeness (QED) is 0.513. The lowest BCUT2D eigenvalue weighted by Gasteiger charge is -2.05. The third-order valence-corrected chi connectivity index (χ3v) is 4.17. The topological polar surface area (TPSA) is 81.8 Å². The number of aryl methyl sites for hydroxylation is 2. The number of ketones is 1. The number of rotatable bonds is 4. The summed E-state index contributed by atoms with van der Waals surface area (Å²) in [6, 6.07) is 18.3. The normalized spacial score (nSPS) is 10.7. The predicted octanol–water partition coefficient (Wildman–Crippen LogP) is 4.04. The molecule has 0 bridgehead atoms. The molecule has 0 atom stereocenters. The van der Waals surface area contributed by atoms with E-state index in [0.29, 0.717) is 28.2 Å². The maximum absolute atomic E-state index is 13.0. The zero-order chi connectivity index (χ0) is 18.8. The molecule has 0 saturated heterocycles. The van der Waals surface area contributed by atoms with Crippen molar-refractivity contribution in [1.82, 2.24) is 20.3 Å². The second-order valence-corrected chi connectivity index (χ2v) is 6.22. The van der Waals surface area contributed by atoms with Crippen LogP contribution in [-0.4, -0.2) is 26.1 Å². The third kappa shape index (κ3) is 3.37. The summed E-state index contributed by atoms with van der Waals surface area (Å²) in [5.74, 6) is 0.499. The van der Waals surface area contributed by atoms with Crippen LogP contribution in [0.2, 0.25) is 0 Å². The molecule has 0 saturated carbocycles. The van der Waals surface area contributed by atoms with Crippen molar-refractivity contribution in [3.63, 3.8) is 0 Å². The number of hydrogen-bond donors (Lipinski definition) is 0. The molecule has 4 rings (SSSR count). The number of hydrogen-bond acceptors (Lipinski definition) is 6. The van der Waals surface area contributed by atoms with E-state index in [1.165, 1.54) is 0 Å². The van der Waals surface area contributed by atoms with Crippen LogP contribution in [0.15, 0.2) is 65.2 Å². The van der Waals surface area contributed by atoms with Gasteiger partial charge in [0.15, 0.2) is 5.78 Å². The van der Waals surface area contributed by atoms with Crippen molar-refractivity contribution in [2.75, 3.05) is 0 Å². The van der Waals surface area contributed by atoms with E-state index in [2.05, 4.69) is 20.3 Å². The highest BCUT2D eigenvalue weighted by Gasteiger charge is 2.19. The molecule has 6 nitrogen and oxygen atoms in total. The number of nitrogens with zero attached hydrogens (tertiary/aromatic N) is 4. The zero-order valence-electron chi connectivity index (χ0n) is 14.9. The maximum Gasteiger partial charge on any atom is 0.259 e. The van der Waals surface area contributed by atoms with Gasteiger partial charge < -0.3 is 4.52 Å². The monoisotopic (exact) mass is 356 g/mol. The fraction of sp³-hybridized carbons (Fsp3) is 0.0952. The summed E-state index contributed by atoms with van der Waals surface area (Å²) in [6.07, 6.45) is 0. The van der Waals surface area contributed by atoms with Gasteiger partial charge in [-0.2, -0.15) is 10.1 Å². The summed E-state index contributed by atoms with van der Waals surface area (Å²) < 4.78 is 5.40. The van der Waals surface area contributed by atoms with Gasteiger partial charge in [0.2, 0.25) is 5.82 Å². The Labute approximate surface area is 155 Å². The van der Waals surface area contributed by atoms with Crippen LogP contribution in [0.3, 0.4) is 0 Å². The van der Waals surface area contributed by atoms with Gasteiger partial charge in [0.1, 0.15) is 5.69 Å². The van der Waals surface area contributed by atoms with E-state index in [9.17, 15) is 4.79 Å². The average Bonchev–Trinajstić information content (AvgIpc) is 3.19. The lowest BCUT2D eigenvalue weighted by atomic mass is 9.97. The molecule has 0 aliphatic heterocycles. The second-order valence-electron chi connectivity index (χ2n) is 6.22. The Morgan fingerprint density at radius 2 is 1.67 bits per heavy atom. The Bertz CT molecular complexity index is 1100. The minimum absolute atomic E-state index is 0.0968. The average molecular weight is 356 g/mol. The first kappa shape index (κ1) is 16.8. The van der Waals surface area contributed by atoms with Gasteiger partial charge in [-0.1, -0.05) is 53.2 Å². The number of benzene rings is 2. The largest absolute Gasteiger partial charge is 0.334 e. The van der Waals surface area contributed by atoms with Crippen LogP contribution in [0, 0.1) is 13.8 Å². The van der Waals surface area contributed by atoms with E-state index < -0.39 is 0 Å². The van der Waals surface area contributed by atoms with E-state index >= 15 is 0 Å². The summed E-state index contributed by atoms with van der Waals surface area (Å²) in [4.78, 5) is 17.4. The first-order chi connectivity index (χ1) is 13.1. The van der Waals surface area contributed by atoms with Crippen molar-refractivity contribution in [2.24, 2.45) is 0 Å². The van der Waals surface area contributed by atoms with Crippen LogP contribution in [0.5, 0.6) is 0 Å². The fourth-order valence-electron chi connectivity index (χ4n) is 2.68. The van der Waals surface area contributed by atoms with E-state index in [1.807, 2.05) is 56.3 Å². The van der Waals surface area contributed by atoms with Crippen LogP contribution in [0.4, 0.5) is 0 Å². The van der Waals surface area contributed by atoms with Gasteiger partial charge in [0.25, 0.3) is 5.89 Å². The van der Waals surface area contributed by atoms with E-state index in [4.69, 9.17) is 4.52 Å². The van der Waals surface area contributed by atoms with Crippen molar-refractivity contribution >= 4 is 5.78 Å². The summed E-state index contributed by atoms with van der Waals surface area (Å²) in [6.45, 7) is 3.83. The summed E-state index contributed by atoms with van der Waals surface area (Å²) >= 11 is 0. The molecule has 0 spiro atoms. The molecule has 2 aromatic heterocycles. The molecule has 0 fully saturated rings. The number of aromatic nitrogens is 4. The second kappa shape index (κ2) is 6.92. The van der Waals surface area contributed by atoms with E-state index in [0.717, 1.165) is 11.3 Å². The molecular formula is C21H16N4O2. The predicted molar refractivity (Wildman–Crippen MR) is 100 cm³/mol. The molecule has 6 heteroatoms. The fourth-order valence-corrected chi connectivity index (χ4v) is 2.68. The Balaban J connectivity index is 1.72. The highest BCUT2D eigenvalue weighted by atomic mass is 16.5. The summed E-state index contributed by atoms with van der Waals surface area (Å²) in [7, 11) is 0. The van der Waals surface area contributed by atoms with Gasteiger partial charge in [-0.3, -0.25) is 4.79 Å².